The monoisotopic (exact) mass is 178 g/mol. The van der Waals surface area contributed by atoms with Crippen molar-refractivity contribution in [2.45, 2.75) is 6.92 Å². The molecule has 6 nitrogen and oxygen atoms in total. The number of aryl methyl sites for hydroxylation is 1. The second kappa shape index (κ2) is 2.51. The van der Waals surface area contributed by atoms with E-state index in [1.807, 2.05) is 0 Å². The molecule has 2 heterocycles. The average molecular weight is 178 g/mol. The Morgan fingerprint density at radius 2 is 2.38 bits per heavy atom. The van der Waals surface area contributed by atoms with Crippen LogP contribution < -0.4 is 0 Å². The molecule has 2 rings (SSSR count). The number of rotatable bonds is 1. The van der Waals surface area contributed by atoms with E-state index in [1.54, 1.807) is 6.92 Å². The molecule has 0 unspecified atom stereocenters. The van der Waals surface area contributed by atoms with E-state index in [0.717, 1.165) is 0 Å². The van der Waals surface area contributed by atoms with Gasteiger partial charge in [-0.3, -0.25) is 0 Å². The van der Waals surface area contributed by atoms with E-state index in [0.29, 0.717) is 11.5 Å². The van der Waals surface area contributed by atoms with Gasteiger partial charge in [0.2, 0.25) is 0 Å². The van der Waals surface area contributed by atoms with Crippen LogP contribution in [-0.4, -0.2) is 30.7 Å². The predicted octanol–water partition coefficient (Wildman–Crippen LogP) is 0.131. The van der Waals surface area contributed by atoms with Crippen molar-refractivity contribution < 1.29 is 9.90 Å². The number of hydrogen-bond donors (Lipinski definition) is 1. The van der Waals surface area contributed by atoms with Gasteiger partial charge in [-0.1, -0.05) is 0 Å². The van der Waals surface area contributed by atoms with Crippen LogP contribution in [-0.2, 0) is 0 Å². The number of carbonyl (C=O) groups is 1. The van der Waals surface area contributed by atoms with Crippen molar-refractivity contribution in [2.75, 3.05) is 0 Å². The lowest BCUT2D eigenvalue weighted by atomic mass is 10.2. The molecule has 0 saturated carbocycles. The van der Waals surface area contributed by atoms with E-state index in [2.05, 4.69) is 15.1 Å². The van der Waals surface area contributed by atoms with Crippen LogP contribution in [0.15, 0.2) is 12.5 Å². The third-order valence-corrected chi connectivity index (χ3v) is 1.69. The maximum atomic E-state index is 10.7. The van der Waals surface area contributed by atoms with Crippen molar-refractivity contribution in [3.63, 3.8) is 0 Å². The summed E-state index contributed by atoms with van der Waals surface area (Å²) in [5.41, 5.74) is 0.575. The molecular formula is C7H6N4O2. The van der Waals surface area contributed by atoms with Gasteiger partial charge in [-0.2, -0.15) is 10.1 Å². The van der Waals surface area contributed by atoms with Crippen molar-refractivity contribution in [1.29, 1.82) is 0 Å². The minimum absolute atomic E-state index is 0.137. The molecule has 0 fully saturated rings. The largest absolute Gasteiger partial charge is 0.478 e. The molecule has 1 N–H and O–H groups in total. The molecular weight excluding hydrogens is 172 g/mol. The highest BCUT2D eigenvalue weighted by atomic mass is 16.4. The van der Waals surface area contributed by atoms with Crippen LogP contribution in [0, 0.1) is 6.92 Å². The first-order valence-corrected chi connectivity index (χ1v) is 3.59. The summed E-state index contributed by atoms with van der Waals surface area (Å²) >= 11 is 0. The van der Waals surface area contributed by atoms with E-state index < -0.39 is 5.97 Å². The molecule has 6 heteroatoms. The maximum Gasteiger partial charge on any atom is 0.339 e. The van der Waals surface area contributed by atoms with Crippen molar-refractivity contribution in [3.8, 4) is 0 Å². The molecule has 0 radical (unpaired) electrons. The van der Waals surface area contributed by atoms with Gasteiger partial charge >= 0.3 is 5.97 Å². The van der Waals surface area contributed by atoms with Gasteiger partial charge in [-0.25, -0.2) is 14.3 Å². The second-order valence-corrected chi connectivity index (χ2v) is 2.55. The number of fused-ring (bicyclic) bond motifs is 1. The Bertz CT molecular complexity index is 476. The Hall–Kier alpha value is -1.98. The van der Waals surface area contributed by atoms with Crippen LogP contribution in [0.3, 0.4) is 0 Å². The number of carboxylic acid groups (broad SMARTS) is 1. The van der Waals surface area contributed by atoms with Gasteiger partial charge in [0.25, 0.3) is 5.78 Å². The Morgan fingerprint density at radius 1 is 1.62 bits per heavy atom. The summed E-state index contributed by atoms with van der Waals surface area (Å²) in [6.45, 7) is 1.62. The fourth-order valence-corrected chi connectivity index (χ4v) is 1.05. The smallest absolute Gasteiger partial charge is 0.339 e. The molecule has 0 spiro atoms. The third-order valence-electron chi connectivity index (χ3n) is 1.69. The number of hydrogen-bond acceptors (Lipinski definition) is 4. The zero-order valence-corrected chi connectivity index (χ0v) is 6.80. The summed E-state index contributed by atoms with van der Waals surface area (Å²) in [7, 11) is 0. The minimum atomic E-state index is -1.01. The van der Waals surface area contributed by atoms with E-state index in [-0.39, 0.29) is 5.56 Å². The lowest BCUT2D eigenvalue weighted by Gasteiger charge is -1.98. The summed E-state index contributed by atoms with van der Waals surface area (Å²) in [5, 5.41) is 12.5. The van der Waals surface area contributed by atoms with E-state index in [4.69, 9.17) is 5.11 Å². The predicted molar refractivity (Wildman–Crippen MR) is 42.5 cm³/mol. The van der Waals surface area contributed by atoms with Crippen molar-refractivity contribution in [1.82, 2.24) is 19.6 Å². The Kier molecular flexibility index (Phi) is 1.48. The molecule has 2 aromatic rings. The van der Waals surface area contributed by atoms with Gasteiger partial charge < -0.3 is 5.11 Å². The summed E-state index contributed by atoms with van der Waals surface area (Å²) in [5.74, 6) is -0.607. The zero-order valence-electron chi connectivity index (χ0n) is 6.80. The first-order chi connectivity index (χ1) is 6.18. The first-order valence-electron chi connectivity index (χ1n) is 3.59. The molecule has 0 aliphatic heterocycles. The molecule has 66 valence electrons. The van der Waals surface area contributed by atoms with Gasteiger partial charge in [0.1, 0.15) is 6.33 Å². The highest BCUT2D eigenvalue weighted by Gasteiger charge is 2.10. The van der Waals surface area contributed by atoms with Crippen LogP contribution in [0.2, 0.25) is 0 Å². The van der Waals surface area contributed by atoms with Gasteiger partial charge in [0.05, 0.1) is 11.3 Å². The summed E-state index contributed by atoms with van der Waals surface area (Å²) in [6.07, 6.45) is 2.72. The molecule has 0 aliphatic rings. The van der Waals surface area contributed by atoms with Gasteiger partial charge in [-0.15, -0.1) is 0 Å². The summed E-state index contributed by atoms with van der Waals surface area (Å²) in [4.78, 5) is 18.5. The van der Waals surface area contributed by atoms with Crippen LogP contribution >= 0.6 is 0 Å². The average Bonchev–Trinajstić information content (AvgIpc) is 2.48. The molecule has 13 heavy (non-hydrogen) atoms. The molecule has 0 aromatic carbocycles. The second-order valence-electron chi connectivity index (χ2n) is 2.55. The fraction of sp³-hybridized carbons (Fsp3) is 0.143. The highest BCUT2D eigenvalue weighted by molar-refractivity contribution is 5.88. The van der Waals surface area contributed by atoms with Gasteiger partial charge in [0, 0.05) is 6.20 Å². The van der Waals surface area contributed by atoms with E-state index in [9.17, 15) is 4.79 Å². The Labute approximate surface area is 72.9 Å². The number of aromatic carboxylic acids is 1. The number of carboxylic acids is 1. The number of aromatic nitrogens is 4. The normalized spacial score (nSPS) is 10.5. The van der Waals surface area contributed by atoms with Gasteiger partial charge in [-0.05, 0) is 6.92 Å². The van der Waals surface area contributed by atoms with Crippen LogP contribution in [0.4, 0.5) is 0 Å². The molecule has 0 bridgehead atoms. The van der Waals surface area contributed by atoms with Crippen molar-refractivity contribution in [2.24, 2.45) is 0 Å². The fourth-order valence-electron chi connectivity index (χ4n) is 1.05. The SMILES string of the molecule is Cc1nc2ncnn2cc1C(=O)O. The van der Waals surface area contributed by atoms with Crippen molar-refractivity contribution in [3.05, 3.63) is 23.8 Å². The van der Waals surface area contributed by atoms with Crippen LogP contribution in [0.5, 0.6) is 0 Å². The Morgan fingerprint density at radius 3 is 3.08 bits per heavy atom. The maximum absolute atomic E-state index is 10.7. The minimum Gasteiger partial charge on any atom is -0.478 e. The molecule has 0 aliphatic carbocycles. The van der Waals surface area contributed by atoms with Crippen molar-refractivity contribution >= 4 is 11.7 Å². The summed E-state index contributed by atoms with van der Waals surface area (Å²) in [6, 6.07) is 0. The first kappa shape index (κ1) is 7.66. The zero-order chi connectivity index (χ0) is 9.42. The summed E-state index contributed by atoms with van der Waals surface area (Å²) < 4.78 is 1.33. The third kappa shape index (κ3) is 1.12. The standard InChI is InChI=1S/C7H6N4O2/c1-4-5(6(12)13)2-11-7(10-4)8-3-9-11/h2-3H,1H3,(H,12,13). The number of nitrogens with zero attached hydrogens (tertiary/aromatic N) is 4. The quantitative estimate of drug-likeness (QED) is 0.671. The lowest BCUT2D eigenvalue weighted by Crippen LogP contribution is -2.05. The van der Waals surface area contributed by atoms with Gasteiger partial charge in [0.15, 0.2) is 0 Å². The highest BCUT2D eigenvalue weighted by Crippen LogP contribution is 2.05. The van der Waals surface area contributed by atoms with E-state index >= 15 is 0 Å². The topological polar surface area (TPSA) is 80.4 Å². The van der Waals surface area contributed by atoms with Crippen LogP contribution in [0.25, 0.3) is 5.78 Å². The van der Waals surface area contributed by atoms with Crippen LogP contribution in [0.1, 0.15) is 16.1 Å². The van der Waals surface area contributed by atoms with E-state index in [1.165, 1.54) is 17.0 Å². The molecule has 2 aromatic heterocycles. The molecule has 0 saturated heterocycles. The molecule has 0 amide bonds. The lowest BCUT2D eigenvalue weighted by molar-refractivity contribution is 0.0695. The molecule has 0 atom stereocenters. The Balaban J connectivity index is 2.76.